The molecule has 2 aromatic carbocycles. The van der Waals surface area contributed by atoms with Gasteiger partial charge in [-0.15, -0.1) is 0 Å². The van der Waals surface area contributed by atoms with Crippen LogP contribution in [0.1, 0.15) is 21.5 Å². The van der Waals surface area contributed by atoms with E-state index in [2.05, 4.69) is 15.9 Å². The molecule has 0 bridgehead atoms. The second-order valence-electron chi connectivity index (χ2n) is 4.96. The first-order valence-corrected chi connectivity index (χ1v) is 7.45. The summed E-state index contributed by atoms with van der Waals surface area (Å²) in [5.74, 6) is 0.552. The van der Waals surface area contributed by atoms with Crippen molar-refractivity contribution in [1.29, 1.82) is 0 Å². The van der Waals surface area contributed by atoms with Crippen LogP contribution in [0.25, 0.3) is 0 Å². The smallest absolute Gasteiger partial charge is 0.257 e. The lowest BCUT2D eigenvalue weighted by Gasteiger charge is -2.19. The van der Waals surface area contributed by atoms with E-state index in [1.54, 1.807) is 19.1 Å². The molecule has 0 aliphatic rings. The number of nitrogens with zero attached hydrogens (tertiary/aromatic N) is 1. The molecule has 1 amide bonds. The molecule has 0 unspecified atom stereocenters. The number of benzene rings is 2. The van der Waals surface area contributed by atoms with Crippen molar-refractivity contribution in [3.8, 4) is 5.75 Å². The van der Waals surface area contributed by atoms with Crippen LogP contribution in [0.2, 0.25) is 0 Å². The van der Waals surface area contributed by atoms with Crippen LogP contribution < -0.4 is 4.74 Å². The van der Waals surface area contributed by atoms with Crippen LogP contribution in [0.3, 0.4) is 0 Å². The summed E-state index contributed by atoms with van der Waals surface area (Å²) in [7, 11) is 3.37. The minimum Gasteiger partial charge on any atom is -0.496 e. The van der Waals surface area contributed by atoms with Crippen LogP contribution in [0.4, 0.5) is 0 Å². The molecule has 0 heterocycles. The molecule has 0 spiro atoms. The van der Waals surface area contributed by atoms with Crippen molar-refractivity contribution in [2.45, 2.75) is 13.5 Å². The number of amides is 1. The van der Waals surface area contributed by atoms with Gasteiger partial charge in [-0.2, -0.15) is 0 Å². The van der Waals surface area contributed by atoms with Crippen molar-refractivity contribution < 1.29 is 9.53 Å². The maximum Gasteiger partial charge on any atom is 0.257 e. The summed E-state index contributed by atoms with van der Waals surface area (Å²) in [6.07, 6.45) is 0. The third-order valence-corrected chi connectivity index (χ3v) is 4.07. The highest BCUT2D eigenvalue weighted by molar-refractivity contribution is 9.10. The van der Waals surface area contributed by atoms with Crippen molar-refractivity contribution in [2.75, 3.05) is 14.2 Å². The Morgan fingerprint density at radius 2 is 1.95 bits per heavy atom. The molecule has 0 N–H and O–H groups in total. The van der Waals surface area contributed by atoms with Gasteiger partial charge in [0.25, 0.3) is 5.91 Å². The van der Waals surface area contributed by atoms with Gasteiger partial charge in [-0.05, 0) is 30.7 Å². The summed E-state index contributed by atoms with van der Waals surface area (Å²) < 4.78 is 6.29. The van der Waals surface area contributed by atoms with Crippen LogP contribution >= 0.6 is 15.9 Å². The molecule has 110 valence electrons. The van der Waals surface area contributed by atoms with Gasteiger partial charge in [0.2, 0.25) is 0 Å². The normalized spacial score (nSPS) is 10.3. The Morgan fingerprint density at radius 3 is 2.62 bits per heavy atom. The number of halogens is 1. The number of hydrogen-bond acceptors (Lipinski definition) is 2. The van der Waals surface area contributed by atoms with Crippen LogP contribution in [-0.4, -0.2) is 25.0 Å². The number of carbonyl (C=O) groups is 1. The molecule has 4 heteroatoms. The first-order valence-electron chi connectivity index (χ1n) is 6.66. The third-order valence-electron chi connectivity index (χ3n) is 3.30. The highest BCUT2D eigenvalue weighted by Crippen LogP contribution is 2.23. The van der Waals surface area contributed by atoms with Gasteiger partial charge in [0.15, 0.2) is 0 Å². The van der Waals surface area contributed by atoms with E-state index in [4.69, 9.17) is 4.74 Å². The van der Waals surface area contributed by atoms with Gasteiger partial charge in [0.05, 0.1) is 12.7 Å². The number of rotatable bonds is 4. The van der Waals surface area contributed by atoms with E-state index >= 15 is 0 Å². The fraction of sp³-hybridized carbons (Fsp3) is 0.235. The molecule has 0 saturated carbocycles. The van der Waals surface area contributed by atoms with Crippen molar-refractivity contribution in [2.24, 2.45) is 0 Å². The zero-order valence-corrected chi connectivity index (χ0v) is 14.0. The fourth-order valence-corrected chi connectivity index (χ4v) is 2.56. The lowest BCUT2D eigenvalue weighted by Crippen LogP contribution is -2.26. The first-order chi connectivity index (χ1) is 10.0. The Balaban J connectivity index is 2.24. The van der Waals surface area contributed by atoms with E-state index < -0.39 is 0 Å². The first kappa shape index (κ1) is 15.6. The molecule has 21 heavy (non-hydrogen) atoms. The monoisotopic (exact) mass is 347 g/mol. The molecule has 0 saturated heterocycles. The number of carbonyl (C=O) groups excluding carboxylic acids is 1. The molecular formula is C17H18BrNO2. The number of aryl methyl sites for hydroxylation is 1. The van der Waals surface area contributed by atoms with Crippen molar-refractivity contribution in [3.05, 3.63) is 63.6 Å². The second-order valence-corrected chi connectivity index (χ2v) is 5.81. The van der Waals surface area contributed by atoms with Crippen LogP contribution in [-0.2, 0) is 6.54 Å². The minimum atomic E-state index is -0.0497. The fourth-order valence-electron chi connectivity index (χ4n) is 2.15. The Kier molecular flexibility index (Phi) is 5.02. The predicted molar refractivity (Wildman–Crippen MR) is 87.7 cm³/mol. The molecule has 0 atom stereocenters. The molecule has 2 aromatic rings. The summed E-state index contributed by atoms with van der Waals surface area (Å²) >= 11 is 3.51. The van der Waals surface area contributed by atoms with Crippen LogP contribution in [0, 0.1) is 6.92 Å². The average molecular weight is 348 g/mol. The van der Waals surface area contributed by atoms with E-state index in [-0.39, 0.29) is 5.91 Å². The van der Waals surface area contributed by atoms with Gasteiger partial charge >= 0.3 is 0 Å². The SMILES string of the molecule is COc1ccc(C)cc1C(=O)N(C)Cc1ccccc1Br. The second kappa shape index (κ2) is 6.76. The Morgan fingerprint density at radius 1 is 1.24 bits per heavy atom. The summed E-state index contributed by atoms with van der Waals surface area (Å²) in [4.78, 5) is 14.3. The van der Waals surface area contributed by atoms with Gasteiger partial charge in [-0.1, -0.05) is 45.8 Å². The highest BCUT2D eigenvalue weighted by atomic mass is 79.9. The zero-order chi connectivity index (χ0) is 15.4. The quantitative estimate of drug-likeness (QED) is 0.835. The number of ether oxygens (including phenoxy) is 1. The highest BCUT2D eigenvalue weighted by Gasteiger charge is 2.17. The molecule has 0 aliphatic heterocycles. The van der Waals surface area contributed by atoms with Crippen molar-refractivity contribution in [1.82, 2.24) is 4.90 Å². The summed E-state index contributed by atoms with van der Waals surface area (Å²) in [6, 6.07) is 13.5. The van der Waals surface area contributed by atoms with Gasteiger partial charge in [0, 0.05) is 18.1 Å². The maximum atomic E-state index is 12.6. The Hall–Kier alpha value is -1.81. The minimum absolute atomic E-state index is 0.0497. The van der Waals surface area contributed by atoms with Gasteiger partial charge < -0.3 is 9.64 Å². The lowest BCUT2D eigenvalue weighted by molar-refractivity contribution is 0.0781. The van der Waals surface area contributed by atoms with E-state index in [1.807, 2.05) is 49.4 Å². The number of methoxy groups -OCH3 is 1. The Labute approximate surface area is 133 Å². The summed E-state index contributed by atoms with van der Waals surface area (Å²) in [5, 5.41) is 0. The van der Waals surface area contributed by atoms with Gasteiger partial charge in [-0.25, -0.2) is 0 Å². The molecule has 0 radical (unpaired) electrons. The largest absolute Gasteiger partial charge is 0.496 e. The topological polar surface area (TPSA) is 29.5 Å². The van der Waals surface area contributed by atoms with E-state index in [9.17, 15) is 4.79 Å². The van der Waals surface area contributed by atoms with E-state index in [0.29, 0.717) is 17.9 Å². The van der Waals surface area contributed by atoms with Crippen LogP contribution in [0.5, 0.6) is 5.75 Å². The predicted octanol–water partition coefficient (Wildman–Crippen LogP) is 4.04. The molecule has 0 fully saturated rings. The van der Waals surface area contributed by atoms with Gasteiger partial charge in [-0.3, -0.25) is 4.79 Å². The van der Waals surface area contributed by atoms with Gasteiger partial charge in [0.1, 0.15) is 5.75 Å². The molecular weight excluding hydrogens is 330 g/mol. The van der Waals surface area contributed by atoms with E-state index in [0.717, 1.165) is 15.6 Å². The summed E-state index contributed by atoms with van der Waals surface area (Å²) in [5.41, 5.74) is 2.69. The standard InChI is InChI=1S/C17H18BrNO2/c1-12-8-9-16(21-3)14(10-12)17(20)19(2)11-13-6-4-5-7-15(13)18/h4-10H,11H2,1-3H3. The van der Waals surface area contributed by atoms with Crippen LogP contribution in [0.15, 0.2) is 46.9 Å². The van der Waals surface area contributed by atoms with E-state index in [1.165, 1.54) is 0 Å². The zero-order valence-electron chi connectivity index (χ0n) is 12.4. The molecule has 0 aromatic heterocycles. The van der Waals surface area contributed by atoms with Crippen molar-refractivity contribution >= 4 is 21.8 Å². The molecule has 0 aliphatic carbocycles. The maximum absolute atomic E-state index is 12.6. The molecule has 3 nitrogen and oxygen atoms in total. The summed E-state index contributed by atoms with van der Waals surface area (Å²) in [6.45, 7) is 2.50. The van der Waals surface area contributed by atoms with Crippen molar-refractivity contribution in [3.63, 3.8) is 0 Å². The average Bonchev–Trinajstić information content (AvgIpc) is 2.48. The Bertz CT molecular complexity index is 655. The number of hydrogen-bond donors (Lipinski definition) is 0. The third kappa shape index (κ3) is 3.64. The molecule has 2 rings (SSSR count). The lowest BCUT2D eigenvalue weighted by atomic mass is 10.1.